The number of alkyl halides is 3. The molecule has 5 heteroatoms. The van der Waals surface area contributed by atoms with Crippen LogP contribution < -0.4 is 9.47 Å². The Morgan fingerprint density at radius 1 is 1.17 bits per heavy atom. The molecule has 0 spiro atoms. The van der Waals surface area contributed by atoms with Crippen LogP contribution in [0.4, 0.5) is 13.2 Å². The van der Waals surface area contributed by atoms with Crippen molar-refractivity contribution in [1.82, 2.24) is 0 Å². The topological polar surface area (TPSA) is 18.5 Å². The first-order chi connectivity index (χ1) is 8.50. The second-order valence-electron chi connectivity index (χ2n) is 4.38. The third kappa shape index (κ3) is 2.89. The highest BCUT2D eigenvalue weighted by atomic mass is 19.4. The summed E-state index contributed by atoms with van der Waals surface area (Å²) < 4.78 is 49.0. The second kappa shape index (κ2) is 5.08. The minimum absolute atomic E-state index is 0.0977. The summed E-state index contributed by atoms with van der Waals surface area (Å²) in [5.41, 5.74) is -0.770. The zero-order chi connectivity index (χ0) is 13.2. The van der Waals surface area contributed by atoms with Crippen molar-refractivity contribution in [3.8, 4) is 11.5 Å². The minimum Gasteiger partial charge on any atom is -0.497 e. The highest BCUT2D eigenvalue weighted by Crippen LogP contribution is 2.39. The van der Waals surface area contributed by atoms with Crippen LogP contribution in [-0.2, 0) is 6.18 Å². The van der Waals surface area contributed by atoms with Gasteiger partial charge in [-0.15, -0.1) is 0 Å². The monoisotopic (exact) mass is 260 g/mol. The molecule has 0 aliphatic heterocycles. The summed E-state index contributed by atoms with van der Waals surface area (Å²) in [7, 11) is 1.34. The average Bonchev–Trinajstić information content (AvgIpc) is 2.81. The molecule has 0 bridgehead atoms. The molecule has 0 saturated heterocycles. The fraction of sp³-hybridized carbons (Fsp3) is 0.538. The fourth-order valence-corrected chi connectivity index (χ4v) is 2.15. The number of benzene rings is 1. The van der Waals surface area contributed by atoms with Gasteiger partial charge in [0.25, 0.3) is 0 Å². The van der Waals surface area contributed by atoms with Gasteiger partial charge in [0.15, 0.2) is 0 Å². The van der Waals surface area contributed by atoms with Crippen molar-refractivity contribution in [3.05, 3.63) is 23.8 Å². The van der Waals surface area contributed by atoms with Gasteiger partial charge < -0.3 is 9.47 Å². The van der Waals surface area contributed by atoms with Crippen molar-refractivity contribution < 1.29 is 22.6 Å². The summed E-state index contributed by atoms with van der Waals surface area (Å²) >= 11 is 0. The molecule has 0 radical (unpaired) electrons. The molecule has 1 aromatic carbocycles. The Kier molecular flexibility index (Phi) is 3.68. The summed E-state index contributed by atoms with van der Waals surface area (Å²) in [6, 6.07) is 3.80. The third-order valence-corrected chi connectivity index (χ3v) is 3.09. The van der Waals surface area contributed by atoms with Crippen LogP contribution in [0, 0.1) is 0 Å². The molecule has 2 nitrogen and oxygen atoms in total. The molecule has 18 heavy (non-hydrogen) atoms. The van der Waals surface area contributed by atoms with Gasteiger partial charge in [-0.25, -0.2) is 0 Å². The highest BCUT2D eigenvalue weighted by Gasteiger charge is 2.35. The smallest absolute Gasteiger partial charge is 0.420 e. The van der Waals surface area contributed by atoms with E-state index in [1.165, 1.54) is 19.2 Å². The van der Waals surface area contributed by atoms with Crippen LogP contribution in [0.15, 0.2) is 18.2 Å². The summed E-state index contributed by atoms with van der Waals surface area (Å²) in [5.74, 6) is 0.0799. The van der Waals surface area contributed by atoms with Crippen molar-refractivity contribution in [3.63, 3.8) is 0 Å². The fourth-order valence-electron chi connectivity index (χ4n) is 2.15. The first-order valence-electron chi connectivity index (χ1n) is 5.92. The van der Waals surface area contributed by atoms with E-state index in [9.17, 15) is 13.2 Å². The Morgan fingerprint density at radius 3 is 2.39 bits per heavy atom. The quantitative estimate of drug-likeness (QED) is 0.816. The number of hydrogen-bond acceptors (Lipinski definition) is 2. The molecule has 0 heterocycles. The SMILES string of the molecule is COc1ccc(OC2CCCC2)c(C(F)(F)F)c1. The molecular weight excluding hydrogens is 245 g/mol. The second-order valence-corrected chi connectivity index (χ2v) is 4.38. The van der Waals surface area contributed by atoms with Gasteiger partial charge in [-0.3, -0.25) is 0 Å². The van der Waals surface area contributed by atoms with Gasteiger partial charge in [0, 0.05) is 0 Å². The summed E-state index contributed by atoms with van der Waals surface area (Å²) in [6.07, 6.45) is -0.848. The maximum Gasteiger partial charge on any atom is 0.420 e. The minimum atomic E-state index is -4.43. The molecule has 1 fully saturated rings. The van der Waals surface area contributed by atoms with Crippen molar-refractivity contribution in [2.24, 2.45) is 0 Å². The average molecular weight is 260 g/mol. The van der Waals surface area contributed by atoms with E-state index in [-0.39, 0.29) is 17.6 Å². The molecule has 0 N–H and O–H groups in total. The van der Waals surface area contributed by atoms with Gasteiger partial charge in [-0.2, -0.15) is 13.2 Å². The van der Waals surface area contributed by atoms with E-state index in [0.717, 1.165) is 31.7 Å². The molecule has 100 valence electrons. The normalized spacial score (nSPS) is 16.9. The number of methoxy groups -OCH3 is 1. The molecule has 1 aromatic rings. The Labute approximate surface area is 104 Å². The van der Waals surface area contributed by atoms with E-state index < -0.39 is 11.7 Å². The Balaban J connectivity index is 2.27. The van der Waals surface area contributed by atoms with Crippen LogP contribution in [0.5, 0.6) is 11.5 Å². The Morgan fingerprint density at radius 2 is 1.83 bits per heavy atom. The van der Waals surface area contributed by atoms with E-state index >= 15 is 0 Å². The standard InChI is InChI=1S/C13H15F3O2/c1-17-10-6-7-12(11(8-10)13(14,15)16)18-9-4-2-3-5-9/h6-9H,2-5H2,1H3. The number of hydrogen-bond donors (Lipinski definition) is 0. The molecule has 2 rings (SSSR count). The van der Waals surface area contributed by atoms with Crippen LogP contribution >= 0.6 is 0 Å². The summed E-state index contributed by atoms with van der Waals surface area (Å²) in [5, 5.41) is 0. The zero-order valence-corrected chi connectivity index (χ0v) is 10.1. The van der Waals surface area contributed by atoms with Crippen molar-refractivity contribution in [1.29, 1.82) is 0 Å². The largest absolute Gasteiger partial charge is 0.497 e. The van der Waals surface area contributed by atoms with Crippen LogP contribution in [0.3, 0.4) is 0 Å². The molecule has 0 unspecified atom stereocenters. The number of rotatable bonds is 3. The lowest BCUT2D eigenvalue weighted by molar-refractivity contribution is -0.139. The van der Waals surface area contributed by atoms with Gasteiger partial charge >= 0.3 is 6.18 Å². The first-order valence-corrected chi connectivity index (χ1v) is 5.92. The highest BCUT2D eigenvalue weighted by molar-refractivity contribution is 5.42. The van der Waals surface area contributed by atoms with Gasteiger partial charge in [-0.1, -0.05) is 0 Å². The predicted octanol–water partition coefficient (Wildman–Crippen LogP) is 4.04. The van der Waals surface area contributed by atoms with Crippen LogP contribution in [0.2, 0.25) is 0 Å². The summed E-state index contributed by atoms with van der Waals surface area (Å²) in [4.78, 5) is 0. The van der Waals surface area contributed by atoms with Gasteiger partial charge in [0.1, 0.15) is 17.1 Å². The Hall–Kier alpha value is -1.39. The van der Waals surface area contributed by atoms with E-state index in [2.05, 4.69) is 0 Å². The molecule has 0 amide bonds. The van der Waals surface area contributed by atoms with Gasteiger partial charge in [-0.05, 0) is 43.9 Å². The van der Waals surface area contributed by atoms with E-state index in [4.69, 9.17) is 9.47 Å². The zero-order valence-electron chi connectivity index (χ0n) is 10.1. The molecule has 0 aromatic heterocycles. The molecule has 1 aliphatic rings. The maximum absolute atomic E-state index is 12.9. The Bertz CT molecular complexity index is 409. The maximum atomic E-state index is 12.9. The van der Waals surface area contributed by atoms with Crippen LogP contribution in [0.1, 0.15) is 31.2 Å². The molecular formula is C13H15F3O2. The molecule has 1 saturated carbocycles. The van der Waals surface area contributed by atoms with Crippen LogP contribution in [-0.4, -0.2) is 13.2 Å². The van der Waals surface area contributed by atoms with Gasteiger partial charge in [0.2, 0.25) is 0 Å². The number of halogens is 3. The number of ether oxygens (including phenoxy) is 2. The lowest BCUT2D eigenvalue weighted by atomic mass is 10.1. The predicted molar refractivity (Wildman–Crippen MR) is 60.9 cm³/mol. The van der Waals surface area contributed by atoms with E-state index in [1.807, 2.05) is 0 Å². The van der Waals surface area contributed by atoms with Crippen molar-refractivity contribution in [2.45, 2.75) is 38.0 Å². The summed E-state index contributed by atoms with van der Waals surface area (Å²) in [6.45, 7) is 0. The van der Waals surface area contributed by atoms with E-state index in [1.54, 1.807) is 0 Å². The third-order valence-electron chi connectivity index (χ3n) is 3.09. The van der Waals surface area contributed by atoms with Crippen molar-refractivity contribution >= 4 is 0 Å². The van der Waals surface area contributed by atoms with Gasteiger partial charge in [0.05, 0.1) is 13.2 Å². The lowest BCUT2D eigenvalue weighted by Crippen LogP contribution is -2.15. The van der Waals surface area contributed by atoms with Crippen molar-refractivity contribution in [2.75, 3.05) is 7.11 Å². The first kappa shape index (κ1) is 13.1. The van der Waals surface area contributed by atoms with E-state index in [0.29, 0.717) is 0 Å². The molecule has 1 aliphatic carbocycles. The lowest BCUT2D eigenvalue weighted by Gasteiger charge is -2.18. The molecule has 0 atom stereocenters. The van der Waals surface area contributed by atoms with Crippen LogP contribution in [0.25, 0.3) is 0 Å².